The van der Waals surface area contributed by atoms with Crippen molar-refractivity contribution in [2.75, 3.05) is 36.5 Å². The van der Waals surface area contributed by atoms with Gasteiger partial charge in [-0.05, 0) is 32.9 Å². The maximum Gasteiger partial charge on any atom is 0.325 e. The zero-order chi connectivity index (χ0) is 15.6. The highest BCUT2D eigenvalue weighted by atomic mass is 16.4. The summed E-state index contributed by atoms with van der Waals surface area (Å²) in [5.41, 5.74) is 1.29. The first-order valence-corrected chi connectivity index (χ1v) is 7.40. The van der Waals surface area contributed by atoms with Crippen molar-refractivity contribution in [3.8, 4) is 0 Å². The number of carboxylic acid groups (broad SMARTS) is 1. The summed E-state index contributed by atoms with van der Waals surface area (Å²) in [7, 11) is 2.07. The van der Waals surface area contributed by atoms with Crippen LogP contribution >= 0.6 is 0 Å². The molecule has 0 saturated carbocycles. The van der Waals surface area contributed by atoms with Crippen LogP contribution in [0.4, 0.5) is 11.4 Å². The van der Waals surface area contributed by atoms with Crippen LogP contribution in [0.1, 0.15) is 20.8 Å². The Balaban J connectivity index is 2.26. The molecule has 0 saturated heterocycles. The molecule has 1 atom stereocenters. The highest BCUT2D eigenvalue weighted by Gasteiger charge is 2.37. The van der Waals surface area contributed by atoms with Crippen LogP contribution in [0.2, 0.25) is 0 Å². The van der Waals surface area contributed by atoms with E-state index in [1.54, 1.807) is 6.92 Å². The molecule has 1 aliphatic rings. The number of carbonyl (C=O) groups is 1. The second-order valence-electron chi connectivity index (χ2n) is 6.27. The van der Waals surface area contributed by atoms with Crippen molar-refractivity contribution in [3.05, 3.63) is 24.3 Å². The maximum absolute atomic E-state index is 11.7. The standard InChI is InChI=1S/C16H25N3O2/c1-12(2)17-16(3,15(20)21)11-19-10-9-18(4)13-7-5-6-8-14(13)19/h5-8,12,17H,9-11H2,1-4H3,(H,20,21). The number of anilines is 2. The smallest absolute Gasteiger partial charge is 0.325 e. The third kappa shape index (κ3) is 3.29. The molecule has 0 spiro atoms. The highest BCUT2D eigenvalue weighted by molar-refractivity contribution is 5.81. The van der Waals surface area contributed by atoms with Gasteiger partial charge in [-0.1, -0.05) is 12.1 Å². The number of para-hydroxylation sites is 2. The lowest BCUT2D eigenvalue weighted by atomic mass is 9.99. The van der Waals surface area contributed by atoms with E-state index in [1.807, 2.05) is 26.0 Å². The Bertz CT molecular complexity index is 518. The quantitative estimate of drug-likeness (QED) is 0.866. The SMILES string of the molecule is CC(C)NC(C)(CN1CCN(C)c2ccccc21)C(=O)O. The van der Waals surface area contributed by atoms with Crippen LogP contribution in [-0.2, 0) is 4.79 Å². The zero-order valence-electron chi connectivity index (χ0n) is 13.3. The van der Waals surface area contributed by atoms with Gasteiger partial charge in [-0.2, -0.15) is 0 Å². The van der Waals surface area contributed by atoms with E-state index in [1.165, 1.54) is 0 Å². The predicted molar refractivity (Wildman–Crippen MR) is 86.2 cm³/mol. The van der Waals surface area contributed by atoms with Crippen LogP contribution in [-0.4, -0.2) is 49.3 Å². The third-order valence-electron chi connectivity index (χ3n) is 3.93. The van der Waals surface area contributed by atoms with E-state index < -0.39 is 11.5 Å². The van der Waals surface area contributed by atoms with Crippen molar-refractivity contribution in [1.29, 1.82) is 0 Å². The van der Waals surface area contributed by atoms with E-state index in [-0.39, 0.29) is 6.04 Å². The van der Waals surface area contributed by atoms with Gasteiger partial charge in [-0.15, -0.1) is 0 Å². The van der Waals surface area contributed by atoms with Gasteiger partial charge in [0.1, 0.15) is 5.54 Å². The molecular weight excluding hydrogens is 266 g/mol. The second kappa shape index (κ2) is 5.93. The molecule has 0 aliphatic carbocycles. The van der Waals surface area contributed by atoms with E-state index in [0.717, 1.165) is 24.5 Å². The Morgan fingerprint density at radius 2 is 1.95 bits per heavy atom. The number of hydrogen-bond acceptors (Lipinski definition) is 4. The molecule has 1 heterocycles. The Hall–Kier alpha value is -1.75. The lowest BCUT2D eigenvalue weighted by molar-refractivity contribution is -0.144. The van der Waals surface area contributed by atoms with E-state index in [0.29, 0.717) is 6.54 Å². The minimum Gasteiger partial charge on any atom is -0.480 e. The minimum atomic E-state index is -0.961. The summed E-state index contributed by atoms with van der Waals surface area (Å²) in [4.78, 5) is 16.1. The first kappa shape index (κ1) is 15.6. The van der Waals surface area contributed by atoms with Crippen molar-refractivity contribution in [2.45, 2.75) is 32.4 Å². The summed E-state index contributed by atoms with van der Waals surface area (Å²) >= 11 is 0. The number of nitrogens with zero attached hydrogens (tertiary/aromatic N) is 2. The molecular formula is C16H25N3O2. The highest BCUT2D eigenvalue weighted by Crippen LogP contribution is 2.32. The Labute approximate surface area is 126 Å². The number of fused-ring (bicyclic) bond motifs is 1. The predicted octanol–water partition coefficient (Wildman–Crippen LogP) is 1.78. The summed E-state index contributed by atoms with van der Waals surface area (Å²) in [6, 6.07) is 8.27. The molecule has 1 aliphatic heterocycles. The van der Waals surface area contributed by atoms with Crippen LogP contribution in [0.3, 0.4) is 0 Å². The average molecular weight is 291 g/mol. The van der Waals surface area contributed by atoms with Gasteiger partial charge in [-0.3, -0.25) is 10.1 Å². The topological polar surface area (TPSA) is 55.8 Å². The van der Waals surface area contributed by atoms with Crippen molar-refractivity contribution in [1.82, 2.24) is 5.32 Å². The van der Waals surface area contributed by atoms with Gasteiger partial charge in [0.2, 0.25) is 0 Å². The fraction of sp³-hybridized carbons (Fsp3) is 0.562. The number of benzene rings is 1. The summed E-state index contributed by atoms with van der Waals surface area (Å²) in [5.74, 6) is -0.812. The molecule has 2 rings (SSSR count). The molecule has 0 radical (unpaired) electrons. The van der Waals surface area contributed by atoms with Crippen LogP contribution in [0.25, 0.3) is 0 Å². The number of carboxylic acids is 1. The van der Waals surface area contributed by atoms with Crippen LogP contribution < -0.4 is 15.1 Å². The number of rotatable bonds is 5. The first-order valence-electron chi connectivity index (χ1n) is 7.40. The summed E-state index contributed by atoms with van der Waals surface area (Å²) in [6.07, 6.45) is 0. The monoisotopic (exact) mass is 291 g/mol. The molecule has 0 aromatic heterocycles. The van der Waals surface area contributed by atoms with Gasteiger partial charge in [0.05, 0.1) is 11.4 Å². The molecule has 0 bridgehead atoms. The molecule has 1 unspecified atom stereocenters. The van der Waals surface area contributed by atoms with Gasteiger partial charge in [0.15, 0.2) is 0 Å². The third-order valence-corrected chi connectivity index (χ3v) is 3.93. The Morgan fingerprint density at radius 1 is 1.33 bits per heavy atom. The van der Waals surface area contributed by atoms with Crippen LogP contribution in [0.5, 0.6) is 0 Å². The number of nitrogens with one attached hydrogen (secondary N) is 1. The molecule has 2 N–H and O–H groups in total. The minimum absolute atomic E-state index is 0.119. The van der Waals surface area contributed by atoms with Crippen LogP contribution in [0.15, 0.2) is 24.3 Å². The molecule has 21 heavy (non-hydrogen) atoms. The Kier molecular flexibility index (Phi) is 4.42. The number of aliphatic carboxylic acids is 1. The van der Waals surface area contributed by atoms with E-state index in [2.05, 4.69) is 34.3 Å². The largest absolute Gasteiger partial charge is 0.480 e. The molecule has 0 fully saturated rings. The van der Waals surface area contributed by atoms with Crippen LogP contribution in [0, 0.1) is 0 Å². The van der Waals surface area contributed by atoms with E-state index >= 15 is 0 Å². The summed E-state index contributed by atoms with van der Waals surface area (Å²) in [6.45, 7) is 7.88. The van der Waals surface area contributed by atoms with Crippen molar-refractivity contribution < 1.29 is 9.90 Å². The zero-order valence-corrected chi connectivity index (χ0v) is 13.3. The second-order valence-corrected chi connectivity index (χ2v) is 6.27. The molecule has 5 heteroatoms. The molecule has 5 nitrogen and oxygen atoms in total. The van der Waals surface area contributed by atoms with Gasteiger partial charge in [0.25, 0.3) is 0 Å². The van der Waals surface area contributed by atoms with Crippen molar-refractivity contribution in [3.63, 3.8) is 0 Å². The fourth-order valence-corrected chi connectivity index (χ4v) is 2.92. The average Bonchev–Trinajstić information content (AvgIpc) is 2.41. The lowest BCUT2D eigenvalue weighted by Gasteiger charge is -2.41. The molecule has 1 aromatic rings. The first-order chi connectivity index (χ1) is 9.83. The number of likely N-dealkylation sites (N-methyl/N-ethyl adjacent to an activating group) is 1. The van der Waals surface area contributed by atoms with Gasteiger partial charge < -0.3 is 14.9 Å². The lowest BCUT2D eigenvalue weighted by Crippen LogP contribution is -2.60. The van der Waals surface area contributed by atoms with Gasteiger partial charge >= 0.3 is 5.97 Å². The maximum atomic E-state index is 11.7. The number of hydrogen-bond donors (Lipinski definition) is 2. The molecule has 0 amide bonds. The summed E-state index contributed by atoms with van der Waals surface area (Å²) in [5, 5.41) is 12.8. The van der Waals surface area contributed by atoms with Gasteiger partial charge in [-0.25, -0.2) is 0 Å². The Morgan fingerprint density at radius 3 is 2.52 bits per heavy atom. The normalized spacial score (nSPS) is 17.6. The summed E-state index contributed by atoms with van der Waals surface area (Å²) < 4.78 is 0. The van der Waals surface area contributed by atoms with Crippen molar-refractivity contribution >= 4 is 17.3 Å². The molecule has 116 valence electrons. The van der Waals surface area contributed by atoms with Crippen molar-refractivity contribution in [2.24, 2.45) is 0 Å². The van der Waals surface area contributed by atoms with Gasteiger partial charge in [0, 0.05) is 32.7 Å². The van der Waals surface area contributed by atoms with E-state index in [4.69, 9.17) is 0 Å². The fourth-order valence-electron chi connectivity index (χ4n) is 2.92. The van der Waals surface area contributed by atoms with E-state index in [9.17, 15) is 9.90 Å². The molecule has 1 aromatic carbocycles.